The van der Waals surface area contributed by atoms with E-state index >= 15 is 0 Å². The summed E-state index contributed by atoms with van der Waals surface area (Å²) in [4.78, 5) is 42.2. The molecule has 4 aromatic heterocycles. The van der Waals surface area contributed by atoms with Crippen LogP contribution in [0.5, 0.6) is 0 Å². The van der Waals surface area contributed by atoms with Gasteiger partial charge in [0.2, 0.25) is 11.8 Å². The lowest BCUT2D eigenvalue weighted by atomic mass is 10.1. The number of pyridine rings is 3. The zero-order valence-corrected chi connectivity index (χ0v) is 31.4. The maximum Gasteiger partial charge on any atom is 0.229 e. The molecule has 4 N–H and O–H groups in total. The number of hydrogen-bond acceptors (Lipinski definition) is 9. The second kappa shape index (κ2) is 16.6. The number of carbonyl (C=O) groups excluding carboxylic acids is 2. The van der Waals surface area contributed by atoms with Crippen LogP contribution < -0.4 is 11.5 Å². The predicted octanol–water partition coefficient (Wildman–Crippen LogP) is 6.01. The predicted molar refractivity (Wildman–Crippen MR) is 207 cm³/mol. The van der Waals surface area contributed by atoms with Gasteiger partial charge in [-0.15, -0.1) is 0 Å². The van der Waals surface area contributed by atoms with Gasteiger partial charge in [-0.05, 0) is 72.6 Å². The Kier molecular flexibility index (Phi) is 11.3. The Morgan fingerprint density at radius 2 is 1.35 bits per heavy atom. The maximum absolute atomic E-state index is 14.1. The molecule has 12 nitrogen and oxygen atoms in total. The average Bonchev–Trinajstić information content (AvgIpc) is 3.91. The number of aromatic nitrogens is 5. The number of ether oxygens (including phenoxy) is 1. The molecule has 0 fully saturated rings. The number of methoxy groups -OCH3 is 1. The van der Waals surface area contributed by atoms with Crippen molar-refractivity contribution in [1.82, 2.24) is 34.5 Å². The zero-order valence-electron chi connectivity index (χ0n) is 31.4. The summed E-state index contributed by atoms with van der Waals surface area (Å²) in [6, 6.07) is 18.1. The Bertz CT molecular complexity index is 2450. The van der Waals surface area contributed by atoms with Crippen molar-refractivity contribution in [3.05, 3.63) is 142 Å². The maximum atomic E-state index is 14.1. The Morgan fingerprint density at radius 1 is 0.737 bits per heavy atom. The third kappa shape index (κ3) is 8.63. The summed E-state index contributed by atoms with van der Waals surface area (Å²) in [5, 5.41) is 4.45. The van der Waals surface area contributed by atoms with E-state index < -0.39 is 11.6 Å². The fraction of sp³-hybridized carbons (Fsp3) is 0.238. The quantitative estimate of drug-likeness (QED) is 0.180. The number of halogens is 3. The third-order valence-corrected chi connectivity index (χ3v) is 9.82. The number of carbonyl (C=O) groups is 2. The van der Waals surface area contributed by atoms with Gasteiger partial charge in [0, 0.05) is 68.4 Å². The number of rotatable bonds is 9. The topological polar surface area (TPSA) is 158 Å². The summed E-state index contributed by atoms with van der Waals surface area (Å²) in [5.74, 6) is -1.95. The minimum absolute atomic E-state index is 0.000535. The molecule has 2 aliphatic heterocycles. The highest BCUT2D eigenvalue weighted by Crippen LogP contribution is 2.28. The summed E-state index contributed by atoms with van der Waals surface area (Å²) in [6.45, 7) is 5.20. The van der Waals surface area contributed by atoms with E-state index in [0.29, 0.717) is 72.5 Å². The van der Waals surface area contributed by atoms with Gasteiger partial charge in [0.05, 0.1) is 71.5 Å². The summed E-state index contributed by atoms with van der Waals surface area (Å²) in [5.41, 5.74) is 19.8. The molecule has 0 aliphatic carbocycles. The molecule has 0 spiro atoms. The number of nitrogen functional groups attached to an aromatic ring is 2. The van der Waals surface area contributed by atoms with E-state index in [4.69, 9.17) is 16.2 Å². The molecule has 15 heteroatoms. The number of fused-ring (bicyclic) bond motifs is 2. The molecule has 6 heterocycles. The molecular weight excluding hydrogens is 736 g/mol. The first-order valence-corrected chi connectivity index (χ1v) is 18.3. The van der Waals surface area contributed by atoms with Gasteiger partial charge in [-0.1, -0.05) is 12.1 Å². The van der Waals surface area contributed by atoms with Gasteiger partial charge in [-0.2, -0.15) is 5.10 Å². The molecule has 2 amide bonds. The number of nitrogens with two attached hydrogens (primary N) is 2. The minimum Gasteiger partial charge on any atom is -0.397 e. The Morgan fingerprint density at radius 3 is 1.96 bits per heavy atom. The standard InChI is InChI=1S/C22H21FN4O2.C20H19F2N5O/c1-29-13-16-8-14-11-27(12-15(14)10-25-16)22(28)9-21-19(24)6-7-20(26-21)17-4-2-3-5-18(17)23;1-2-27-10-12-9-26(11-19(12)25-27)20(28)8-18-16(23)5-6-17(24-18)14-4-3-13(21)7-15(14)22/h2-8,10H,9,11-13,24H2,1H3;3-7,10H,2,8-9,11,23H2,1H3. The van der Waals surface area contributed by atoms with Gasteiger partial charge < -0.3 is 26.0 Å². The number of amides is 2. The van der Waals surface area contributed by atoms with E-state index in [9.17, 15) is 22.8 Å². The van der Waals surface area contributed by atoms with E-state index in [1.54, 1.807) is 65.6 Å². The SMILES string of the molecule is CCn1cc2c(n1)CN(C(=O)Cc1nc(-c3ccc(F)cc3F)ccc1N)C2.COCc1cc2c(cn1)CN(C(=O)Cc1nc(-c3ccccc3F)ccc1N)C2. The Hall–Kier alpha value is -6.61. The summed E-state index contributed by atoms with van der Waals surface area (Å²) in [6.07, 6.45) is 3.80. The van der Waals surface area contributed by atoms with Gasteiger partial charge in [0.25, 0.3) is 0 Å². The summed E-state index contributed by atoms with van der Waals surface area (Å²) >= 11 is 0. The van der Waals surface area contributed by atoms with Crippen LogP contribution in [0.2, 0.25) is 0 Å². The van der Waals surface area contributed by atoms with Gasteiger partial charge in [-0.25, -0.2) is 13.2 Å². The molecule has 0 unspecified atom stereocenters. The third-order valence-electron chi connectivity index (χ3n) is 9.82. The number of aryl methyl sites for hydroxylation is 1. The number of hydrogen-bond donors (Lipinski definition) is 2. The first-order chi connectivity index (χ1) is 27.5. The van der Waals surface area contributed by atoms with Crippen molar-refractivity contribution in [3.63, 3.8) is 0 Å². The van der Waals surface area contributed by atoms with Crippen molar-refractivity contribution >= 4 is 23.2 Å². The summed E-state index contributed by atoms with van der Waals surface area (Å²) < 4.78 is 48.3. The minimum atomic E-state index is -0.715. The average molecular weight is 776 g/mol. The Balaban J connectivity index is 0.000000174. The van der Waals surface area contributed by atoms with Crippen LogP contribution in [0.25, 0.3) is 22.5 Å². The van der Waals surface area contributed by atoms with Crippen LogP contribution in [0.4, 0.5) is 24.5 Å². The second-order valence-corrected chi connectivity index (χ2v) is 13.8. The van der Waals surface area contributed by atoms with Crippen LogP contribution in [-0.4, -0.2) is 53.5 Å². The van der Waals surface area contributed by atoms with E-state index in [0.717, 1.165) is 46.8 Å². The monoisotopic (exact) mass is 775 g/mol. The zero-order chi connectivity index (χ0) is 40.2. The lowest BCUT2D eigenvalue weighted by molar-refractivity contribution is -0.131. The molecule has 0 saturated heterocycles. The highest BCUT2D eigenvalue weighted by atomic mass is 19.1. The number of benzene rings is 2. The van der Waals surface area contributed by atoms with Gasteiger partial charge in [0.1, 0.15) is 17.5 Å². The van der Waals surface area contributed by atoms with Gasteiger partial charge in [0.15, 0.2) is 0 Å². The first-order valence-electron chi connectivity index (χ1n) is 18.3. The highest BCUT2D eigenvalue weighted by Gasteiger charge is 2.28. The van der Waals surface area contributed by atoms with Crippen LogP contribution in [0.3, 0.4) is 0 Å². The normalized spacial score (nSPS) is 12.9. The largest absolute Gasteiger partial charge is 0.397 e. The molecular formula is C42H40F3N9O3. The van der Waals surface area contributed by atoms with Crippen LogP contribution in [0, 0.1) is 17.5 Å². The fourth-order valence-corrected chi connectivity index (χ4v) is 6.77. The molecule has 2 aliphatic rings. The Labute approximate surface area is 326 Å². The van der Waals surface area contributed by atoms with E-state index in [2.05, 4.69) is 20.1 Å². The molecule has 57 heavy (non-hydrogen) atoms. The summed E-state index contributed by atoms with van der Waals surface area (Å²) in [7, 11) is 1.62. The number of anilines is 2. The molecule has 8 rings (SSSR count). The molecule has 6 aromatic rings. The molecule has 0 radical (unpaired) electrons. The van der Waals surface area contributed by atoms with Crippen LogP contribution >= 0.6 is 0 Å². The van der Waals surface area contributed by atoms with Crippen molar-refractivity contribution in [3.8, 4) is 22.5 Å². The lowest BCUT2D eigenvalue weighted by Crippen LogP contribution is -2.28. The lowest BCUT2D eigenvalue weighted by Gasteiger charge is -2.16. The van der Waals surface area contributed by atoms with E-state index in [1.807, 2.05) is 23.9 Å². The smallest absolute Gasteiger partial charge is 0.229 e. The molecule has 0 bridgehead atoms. The molecule has 292 valence electrons. The van der Waals surface area contributed by atoms with Crippen LogP contribution in [-0.2, 0) is 66.5 Å². The number of nitrogens with zero attached hydrogens (tertiary/aromatic N) is 7. The van der Waals surface area contributed by atoms with Crippen LogP contribution in [0.1, 0.15) is 46.4 Å². The molecule has 0 saturated carbocycles. The van der Waals surface area contributed by atoms with Crippen molar-refractivity contribution in [2.45, 2.75) is 59.1 Å². The first kappa shape index (κ1) is 38.7. The van der Waals surface area contributed by atoms with Gasteiger partial charge >= 0.3 is 0 Å². The van der Waals surface area contributed by atoms with Crippen molar-refractivity contribution in [1.29, 1.82) is 0 Å². The van der Waals surface area contributed by atoms with Crippen molar-refractivity contribution in [2.24, 2.45) is 0 Å². The highest BCUT2D eigenvalue weighted by molar-refractivity contribution is 5.81. The van der Waals surface area contributed by atoms with Crippen molar-refractivity contribution in [2.75, 3.05) is 18.6 Å². The van der Waals surface area contributed by atoms with Crippen LogP contribution in [0.15, 0.2) is 85.2 Å². The van der Waals surface area contributed by atoms with Crippen molar-refractivity contribution < 1.29 is 27.5 Å². The molecule has 0 atom stereocenters. The molecule has 2 aromatic carbocycles. The van der Waals surface area contributed by atoms with Gasteiger partial charge in [-0.3, -0.25) is 29.2 Å². The fourth-order valence-electron chi connectivity index (χ4n) is 6.77. The van der Waals surface area contributed by atoms with E-state index in [-0.39, 0.29) is 36.0 Å². The second-order valence-electron chi connectivity index (χ2n) is 13.8. The van der Waals surface area contributed by atoms with E-state index in [1.165, 1.54) is 12.1 Å².